The molecular weight excluding hydrogens is 542 g/mol. The van der Waals surface area contributed by atoms with E-state index in [4.69, 9.17) is 25.8 Å². The first-order valence-electron chi connectivity index (χ1n) is 13.5. The normalized spacial score (nSPS) is 11.0. The van der Waals surface area contributed by atoms with Crippen molar-refractivity contribution in [2.24, 2.45) is 0 Å². The van der Waals surface area contributed by atoms with Crippen LogP contribution in [-0.4, -0.2) is 66.6 Å². The van der Waals surface area contributed by atoms with Gasteiger partial charge in [0.25, 0.3) is 5.91 Å². The lowest BCUT2D eigenvalue weighted by atomic mass is 10.1. The molecular formula is C32H36ClN3O5. The van der Waals surface area contributed by atoms with Crippen molar-refractivity contribution in [3.8, 4) is 17.2 Å². The lowest BCUT2D eigenvalue weighted by Gasteiger charge is -2.30. The Kier molecular flexibility index (Phi) is 10.1. The van der Waals surface area contributed by atoms with Crippen molar-refractivity contribution >= 4 is 34.3 Å². The molecule has 0 saturated carbocycles. The Bertz CT molecular complexity index is 1470. The number of H-pyrrole nitrogens is 1. The molecule has 1 N–H and O–H groups in total. The van der Waals surface area contributed by atoms with Crippen LogP contribution in [0.1, 0.15) is 25.0 Å². The van der Waals surface area contributed by atoms with Gasteiger partial charge < -0.3 is 29.0 Å². The van der Waals surface area contributed by atoms with Gasteiger partial charge in [-0.05, 0) is 73.9 Å². The third kappa shape index (κ3) is 7.73. The summed E-state index contributed by atoms with van der Waals surface area (Å²) < 4.78 is 16.5. The number of nitrogens with one attached hydrogen (secondary N) is 1. The Balaban J connectivity index is 1.51. The zero-order valence-electron chi connectivity index (χ0n) is 23.9. The van der Waals surface area contributed by atoms with E-state index in [0.29, 0.717) is 41.8 Å². The third-order valence-corrected chi connectivity index (χ3v) is 7.18. The molecule has 0 spiro atoms. The molecule has 0 aliphatic heterocycles. The zero-order valence-corrected chi connectivity index (χ0v) is 24.6. The summed E-state index contributed by atoms with van der Waals surface area (Å²) in [5.74, 6) is 1.31. The van der Waals surface area contributed by atoms with Gasteiger partial charge in [0, 0.05) is 41.3 Å². The number of halogens is 1. The number of aromatic amines is 1. The predicted molar refractivity (Wildman–Crippen MR) is 161 cm³/mol. The number of hydrogen-bond donors (Lipinski definition) is 1. The van der Waals surface area contributed by atoms with E-state index < -0.39 is 0 Å². The highest BCUT2D eigenvalue weighted by Crippen LogP contribution is 2.28. The van der Waals surface area contributed by atoms with Crippen molar-refractivity contribution in [3.05, 3.63) is 89.1 Å². The summed E-state index contributed by atoms with van der Waals surface area (Å²) in [6.07, 6.45) is 2.64. The second-order valence-electron chi connectivity index (χ2n) is 9.97. The average molecular weight is 578 g/mol. The quantitative estimate of drug-likeness (QED) is 0.219. The SMILES string of the molecule is COc1ccc(CN(CCc2c[nH]c3ccccc23)C(=O)CN(C(=O)COc2ccc(Cl)cc2)C(C)C)cc1OC. The van der Waals surface area contributed by atoms with E-state index >= 15 is 0 Å². The largest absolute Gasteiger partial charge is 0.493 e. The number of hydrogen-bond acceptors (Lipinski definition) is 5. The summed E-state index contributed by atoms with van der Waals surface area (Å²) in [4.78, 5) is 33.6. The van der Waals surface area contributed by atoms with E-state index in [1.807, 2.05) is 56.4 Å². The van der Waals surface area contributed by atoms with E-state index in [0.717, 1.165) is 22.0 Å². The van der Waals surface area contributed by atoms with Gasteiger partial charge in [0.2, 0.25) is 5.91 Å². The van der Waals surface area contributed by atoms with Crippen molar-refractivity contribution in [2.75, 3.05) is 33.9 Å². The zero-order chi connectivity index (χ0) is 29.4. The van der Waals surface area contributed by atoms with Gasteiger partial charge in [-0.2, -0.15) is 0 Å². The summed E-state index contributed by atoms with van der Waals surface area (Å²) >= 11 is 5.94. The fourth-order valence-electron chi connectivity index (χ4n) is 4.65. The van der Waals surface area contributed by atoms with E-state index in [-0.39, 0.29) is 31.0 Å². The Labute approximate surface area is 245 Å². The van der Waals surface area contributed by atoms with Crippen LogP contribution in [0.5, 0.6) is 17.2 Å². The average Bonchev–Trinajstić information content (AvgIpc) is 3.40. The smallest absolute Gasteiger partial charge is 0.261 e. The molecule has 4 rings (SSSR count). The number of carbonyl (C=O) groups excluding carboxylic acids is 2. The summed E-state index contributed by atoms with van der Waals surface area (Å²) in [6.45, 7) is 4.34. The molecule has 0 bridgehead atoms. The van der Waals surface area contributed by atoms with Gasteiger partial charge in [-0.1, -0.05) is 35.9 Å². The van der Waals surface area contributed by atoms with Gasteiger partial charge in [0.15, 0.2) is 18.1 Å². The summed E-state index contributed by atoms with van der Waals surface area (Å²) in [5, 5.41) is 1.71. The molecule has 9 heteroatoms. The van der Waals surface area contributed by atoms with E-state index in [1.165, 1.54) is 0 Å². The van der Waals surface area contributed by atoms with Crippen LogP contribution in [0.15, 0.2) is 72.9 Å². The molecule has 0 radical (unpaired) electrons. The molecule has 0 aliphatic carbocycles. The number of nitrogens with zero attached hydrogens (tertiary/aromatic N) is 2. The maximum Gasteiger partial charge on any atom is 0.261 e. The van der Waals surface area contributed by atoms with Crippen molar-refractivity contribution in [2.45, 2.75) is 32.9 Å². The van der Waals surface area contributed by atoms with Gasteiger partial charge >= 0.3 is 0 Å². The molecule has 0 atom stereocenters. The van der Waals surface area contributed by atoms with Crippen LogP contribution in [0, 0.1) is 0 Å². The minimum Gasteiger partial charge on any atom is -0.493 e. The predicted octanol–water partition coefficient (Wildman–Crippen LogP) is 5.73. The minimum atomic E-state index is -0.272. The first-order valence-corrected chi connectivity index (χ1v) is 13.9. The molecule has 8 nitrogen and oxygen atoms in total. The first-order chi connectivity index (χ1) is 19.8. The van der Waals surface area contributed by atoms with Crippen molar-refractivity contribution in [1.29, 1.82) is 0 Å². The van der Waals surface area contributed by atoms with E-state index in [1.54, 1.807) is 48.3 Å². The molecule has 0 unspecified atom stereocenters. The number of fused-ring (bicyclic) bond motifs is 1. The highest BCUT2D eigenvalue weighted by molar-refractivity contribution is 6.30. The Morgan fingerprint density at radius 3 is 2.37 bits per heavy atom. The summed E-state index contributed by atoms with van der Waals surface area (Å²) in [7, 11) is 3.17. The highest BCUT2D eigenvalue weighted by atomic mass is 35.5. The Morgan fingerprint density at radius 1 is 0.927 bits per heavy atom. The number of ether oxygens (including phenoxy) is 3. The second kappa shape index (κ2) is 13.9. The standard InChI is InChI=1S/C32H36ClN3O5/c1-22(2)36(32(38)21-41-26-12-10-25(33)11-13-26)20-31(37)35(19-23-9-14-29(39-3)30(17-23)40-4)16-15-24-18-34-28-8-6-5-7-27(24)28/h5-14,17-18,22,34H,15-16,19-21H2,1-4H3. The van der Waals surface area contributed by atoms with Crippen LogP contribution >= 0.6 is 11.6 Å². The van der Waals surface area contributed by atoms with Gasteiger partial charge in [-0.15, -0.1) is 0 Å². The molecule has 0 aliphatic rings. The summed E-state index contributed by atoms with van der Waals surface area (Å²) in [5.41, 5.74) is 3.07. The van der Waals surface area contributed by atoms with Crippen LogP contribution in [0.4, 0.5) is 0 Å². The van der Waals surface area contributed by atoms with Crippen LogP contribution in [0.3, 0.4) is 0 Å². The molecule has 41 heavy (non-hydrogen) atoms. The maximum atomic E-state index is 13.8. The minimum absolute atomic E-state index is 0.0678. The lowest BCUT2D eigenvalue weighted by Crippen LogP contribution is -2.47. The third-order valence-electron chi connectivity index (χ3n) is 6.93. The number of rotatable bonds is 13. The molecule has 0 saturated heterocycles. The molecule has 3 aromatic carbocycles. The lowest BCUT2D eigenvalue weighted by molar-refractivity contribution is -0.143. The number of carbonyl (C=O) groups is 2. The monoisotopic (exact) mass is 577 g/mol. The van der Waals surface area contributed by atoms with Gasteiger partial charge in [0.1, 0.15) is 12.3 Å². The van der Waals surface area contributed by atoms with E-state index in [2.05, 4.69) is 11.1 Å². The fourth-order valence-corrected chi connectivity index (χ4v) is 4.77. The van der Waals surface area contributed by atoms with Crippen molar-refractivity contribution in [1.82, 2.24) is 14.8 Å². The van der Waals surface area contributed by atoms with Gasteiger partial charge in [-0.25, -0.2) is 0 Å². The molecule has 1 aromatic heterocycles. The van der Waals surface area contributed by atoms with Gasteiger partial charge in [0.05, 0.1) is 14.2 Å². The number of aromatic nitrogens is 1. The molecule has 4 aromatic rings. The molecule has 0 fully saturated rings. The number of para-hydroxylation sites is 1. The number of methoxy groups -OCH3 is 2. The highest BCUT2D eigenvalue weighted by Gasteiger charge is 2.24. The molecule has 1 heterocycles. The van der Waals surface area contributed by atoms with Gasteiger partial charge in [-0.3, -0.25) is 9.59 Å². The topological polar surface area (TPSA) is 84.1 Å². The molecule has 2 amide bonds. The first kappa shape index (κ1) is 29.8. The van der Waals surface area contributed by atoms with Crippen LogP contribution in [0.25, 0.3) is 10.9 Å². The van der Waals surface area contributed by atoms with Crippen LogP contribution in [0.2, 0.25) is 5.02 Å². The van der Waals surface area contributed by atoms with Crippen molar-refractivity contribution < 1.29 is 23.8 Å². The van der Waals surface area contributed by atoms with Crippen LogP contribution in [-0.2, 0) is 22.6 Å². The second-order valence-corrected chi connectivity index (χ2v) is 10.4. The summed E-state index contributed by atoms with van der Waals surface area (Å²) in [6, 6.07) is 20.3. The maximum absolute atomic E-state index is 13.8. The van der Waals surface area contributed by atoms with Crippen LogP contribution < -0.4 is 14.2 Å². The molecule has 216 valence electrons. The van der Waals surface area contributed by atoms with Crippen molar-refractivity contribution in [3.63, 3.8) is 0 Å². The number of amides is 2. The Hall–Kier alpha value is -4.17. The number of benzene rings is 3. The van der Waals surface area contributed by atoms with E-state index in [9.17, 15) is 9.59 Å². The Morgan fingerprint density at radius 2 is 1.66 bits per heavy atom. The fraction of sp³-hybridized carbons (Fsp3) is 0.312.